The van der Waals surface area contributed by atoms with E-state index in [2.05, 4.69) is 0 Å². The van der Waals surface area contributed by atoms with Gasteiger partial charge in [-0.1, -0.05) is 32.1 Å². The molecule has 0 radical (unpaired) electrons. The Labute approximate surface area is 69.4 Å². The molecule has 0 heterocycles. The molecule has 0 spiro atoms. The molecule has 0 aliphatic heterocycles. The molecular weight excluding hydrogens is 134 g/mol. The van der Waals surface area contributed by atoms with E-state index in [4.69, 9.17) is 5.73 Å². The van der Waals surface area contributed by atoms with Crippen LogP contribution in [0.2, 0.25) is 0 Å². The van der Waals surface area contributed by atoms with E-state index in [0.29, 0.717) is 6.04 Å². The van der Waals surface area contributed by atoms with Crippen LogP contribution in [-0.2, 0) is 0 Å². The van der Waals surface area contributed by atoms with Crippen molar-refractivity contribution in [3.63, 3.8) is 0 Å². The predicted molar refractivity (Wildman–Crippen MR) is 47.3 cm³/mol. The maximum atomic E-state index is 6.09. The molecule has 2 rings (SSSR count). The SMILES string of the molecule is NC1CCCC2CCCCC12. The zero-order valence-corrected chi connectivity index (χ0v) is 7.26. The van der Waals surface area contributed by atoms with E-state index < -0.39 is 0 Å². The Morgan fingerprint density at radius 2 is 1.55 bits per heavy atom. The summed E-state index contributed by atoms with van der Waals surface area (Å²) in [6, 6.07) is 0.550. The van der Waals surface area contributed by atoms with Gasteiger partial charge in [0.05, 0.1) is 0 Å². The molecule has 2 aliphatic carbocycles. The number of nitrogens with two attached hydrogens (primary N) is 1. The van der Waals surface area contributed by atoms with Crippen molar-refractivity contribution in [2.45, 2.75) is 51.0 Å². The fraction of sp³-hybridized carbons (Fsp3) is 1.00. The molecule has 0 aromatic rings. The zero-order chi connectivity index (χ0) is 7.68. The summed E-state index contributed by atoms with van der Waals surface area (Å²) in [6.07, 6.45) is 9.95. The van der Waals surface area contributed by atoms with Crippen molar-refractivity contribution < 1.29 is 0 Å². The van der Waals surface area contributed by atoms with E-state index in [1.807, 2.05) is 0 Å². The molecule has 11 heavy (non-hydrogen) atoms. The highest BCUT2D eigenvalue weighted by Gasteiger charge is 2.32. The fourth-order valence-electron chi connectivity index (χ4n) is 2.99. The average molecular weight is 153 g/mol. The molecule has 0 saturated heterocycles. The molecule has 3 unspecified atom stereocenters. The zero-order valence-electron chi connectivity index (χ0n) is 7.26. The van der Waals surface area contributed by atoms with E-state index in [1.54, 1.807) is 0 Å². The topological polar surface area (TPSA) is 26.0 Å². The molecule has 2 fully saturated rings. The van der Waals surface area contributed by atoms with E-state index in [0.717, 1.165) is 11.8 Å². The first kappa shape index (κ1) is 7.60. The van der Waals surface area contributed by atoms with Crippen molar-refractivity contribution in [3.05, 3.63) is 0 Å². The van der Waals surface area contributed by atoms with Crippen molar-refractivity contribution in [3.8, 4) is 0 Å². The van der Waals surface area contributed by atoms with Gasteiger partial charge < -0.3 is 5.73 Å². The third-order valence-electron chi connectivity index (χ3n) is 3.63. The van der Waals surface area contributed by atoms with Gasteiger partial charge in [-0.3, -0.25) is 0 Å². The predicted octanol–water partition coefficient (Wildman–Crippen LogP) is 2.30. The molecule has 1 nitrogen and oxygen atoms in total. The molecule has 1 heteroatoms. The van der Waals surface area contributed by atoms with Crippen LogP contribution in [0, 0.1) is 11.8 Å². The van der Waals surface area contributed by atoms with Crippen molar-refractivity contribution in [2.75, 3.05) is 0 Å². The Morgan fingerprint density at radius 3 is 2.36 bits per heavy atom. The average Bonchev–Trinajstić information content (AvgIpc) is 2.06. The summed E-state index contributed by atoms with van der Waals surface area (Å²) in [4.78, 5) is 0. The van der Waals surface area contributed by atoms with Gasteiger partial charge in [0.25, 0.3) is 0 Å². The van der Waals surface area contributed by atoms with E-state index in [9.17, 15) is 0 Å². The quantitative estimate of drug-likeness (QED) is 0.568. The summed E-state index contributed by atoms with van der Waals surface area (Å²) in [5, 5.41) is 0. The van der Waals surface area contributed by atoms with Gasteiger partial charge in [0, 0.05) is 6.04 Å². The van der Waals surface area contributed by atoms with Gasteiger partial charge in [0.1, 0.15) is 0 Å². The highest BCUT2D eigenvalue weighted by molar-refractivity contribution is 4.86. The van der Waals surface area contributed by atoms with Crippen LogP contribution in [0.5, 0.6) is 0 Å². The van der Waals surface area contributed by atoms with Crippen LogP contribution in [-0.4, -0.2) is 6.04 Å². The molecule has 2 aliphatic rings. The van der Waals surface area contributed by atoms with Crippen LogP contribution in [0.3, 0.4) is 0 Å². The van der Waals surface area contributed by atoms with Gasteiger partial charge in [-0.15, -0.1) is 0 Å². The summed E-state index contributed by atoms with van der Waals surface area (Å²) in [5.41, 5.74) is 6.09. The number of hydrogen-bond donors (Lipinski definition) is 1. The highest BCUT2D eigenvalue weighted by Crippen LogP contribution is 2.39. The minimum absolute atomic E-state index is 0.550. The monoisotopic (exact) mass is 153 g/mol. The molecule has 2 saturated carbocycles. The lowest BCUT2D eigenvalue weighted by molar-refractivity contribution is 0.146. The van der Waals surface area contributed by atoms with Gasteiger partial charge in [-0.05, 0) is 24.7 Å². The fourth-order valence-corrected chi connectivity index (χ4v) is 2.99. The van der Waals surface area contributed by atoms with Gasteiger partial charge in [0.15, 0.2) is 0 Å². The Kier molecular flexibility index (Phi) is 2.17. The Hall–Kier alpha value is -0.0400. The summed E-state index contributed by atoms with van der Waals surface area (Å²) < 4.78 is 0. The molecule has 2 N–H and O–H groups in total. The van der Waals surface area contributed by atoms with Crippen LogP contribution < -0.4 is 5.73 Å². The van der Waals surface area contributed by atoms with Gasteiger partial charge in [0.2, 0.25) is 0 Å². The van der Waals surface area contributed by atoms with Gasteiger partial charge in [-0.2, -0.15) is 0 Å². The van der Waals surface area contributed by atoms with Gasteiger partial charge >= 0.3 is 0 Å². The molecule has 0 aromatic carbocycles. The maximum absolute atomic E-state index is 6.09. The van der Waals surface area contributed by atoms with Crippen molar-refractivity contribution in [2.24, 2.45) is 17.6 Å². The molecule has 3 atom stereocenters. The lowest BCUT2D eigenvalue weighted by Gasteiger charge is -2.39. The summed E-state index contributed by atoms with van der Waals surface area (Å²) >= 11 is 0. The minimum Gasteiger partial charge on any atom is -0.327 e. The third kappa shape index (κ3) is 1.44. The van der Waals surface area contributed by atoms with Gasteiger partial charge in [-0.25, -0.2) is 0 Å². The van der Waals surface area contributed by atoms with Crippen molar-refractivity contribution in [1.29, 1.82) is 0 Å². The molecule has 0 aromatic heterocycles. The maximum Gasteiger partial charge on any atom is 0.00698 e. The second-order valence-corrected chi connectivity index (χ2v) is 4.30. The van der Waals surface area contributed by atoms with Crippen LogP contribution in [0.1, 0.15) is 44.9 Å². The van der Waals surface area contributed by atoms with Crippen LogP contribution in [0.25, 0.3) is 0 Å². The third-order valence-corrected chi connectivity index (χ3v) is 3.63. The number of fused-ring (bicyclic) bond motifs is 1. The van der Waals surface area contributed by atoms with E-state index in [-0.39, 0.29) is 0 Å². The lowest BCUT2D eigenvalue weighted by atomic mass is 9.69. The summed E-state index contributed by atoms with van der Waals surface area (Å²) in [6.45, 7) is 0. The number of rotatable bonds is 0. The van der Waals surface area contributed by atoms with Crippen LogP contribution in [0.15, 0.2) is 0 Å². The standard InChI is InChI=1S/C10H19N/c11-10-7-3-5-8-4-1-2-6-9(8)10/h8-10H,1-7,11H2. The normalized spacial score (nSPS) is 45.0. The first-order chi connectivity index (χ1) is 5.38. The molecule has 0 bridgehead atoms. The molecule has 64 valence electrons. The van der Waals surface area contributed by atoms with Crippen molar-refractivity contribution >= 4 is 0 Å². The largest absolute Gasteiger partial charge is 0.327 e. The van der Waals surface area contributed by atoms with Crippen LogP contribution in [0.4, 0.5) is 0 Å². The second-order valence-electron chi connectivity index (χ2n) is 4.30. The summed E-state index contributed by atoms with van der Waals surface area (Å²) in [5.74, 6) is 1.91. The van der Waals surface area contributed by atoms with Crippen molar-refractivity contribution in [1.82, 2.24) is 0 Å². The Balaban J connectivity index is 1.99. The smallest absolute Gasteiger partial charge is 0.00698 e. The number of hydrogen-bond acceptors (Lipinski definition) is 1. The molecular formula is C10H19N. The first-order valence-corrected chi connectivity index (χ1v) is 5.13. The second kappa shape index (κ2) is 3.14. The highest BCUT2D eigenvalue weighted by atomic mass is 14.7. The van der Waals surface area contributed by atoms with E-state index >= 15 is 0 Å². The lowest BCUT2D eigenvalue weighted by Crippen LogP contribution is -2.40. The Morgan fingerprint density at radius 1 is 0.818 bits per heavy atom. The van der Waals surface area contributed by atoms with Crippen LogP contribution >= 0.6 is 0 Å². The first-order valence-electron chi connectivity index (χ1n) is 5.13. The Bertz CT molecular complexity index is 131. The minimum atomic E-state index is 0.550. The summed E-state index contributed by atoms with van der Waals surface area (Å²) in [7, 11) is 0. The van der Waals surface area contributed by atoms with E-state index in [1.165, 1.54) is 44.9 Å². The molecule has 0 amide bonds.